The predicted molar refractivity (Wildman–Crippen MR) is 77.1 cm³/mol. The average Bonchev–Trinajstić information content (AvgIpc) is 2.58. The number of carbonyl (C=O) groups is 3. The molecule has 2 rings (SSSR count). The largest absolute Gasteiger partial charge is 0.299 e. The molecule has 0 saturated carbocycles. The van der Waals surface area contributed by atoms with E-state index in [9.17, 15) is 14.4 Å². The summed E-state index contributed by atoms with van der Waals surface area (Å²) in [5.41, 5.74) is 2.34. The van der Waals surface area contributed by atoms with E-state index in [-0.39, 0.29) is 12.3 Å². The molecule has 1 aromatic carbocycles. The summed E-state index contributed by atoms with van der Waals surface area (Å²) in [4.78, 5) is 37.6. The molecule has 4 nitrogen and oxygen atoms in total. The molecule has 4 heteroatoms. The molecule has 1 aliphatic heterocycles. The molecule has 1 amide bonds. The lowest BCUT2D eigenvalue weighted by molar-refractivity contribution is -0.126. The smallest absolute Gasteiger partial charge is 0.297 e. The molecule has 0 atom stereocenters. The molecular weight excluding hydrogens is 254 g/mol. The molecule has 0 fully saturated rings. The second-order valence-electron chi connectivity index (χ2n) is 6.30. The molecule has 0 N–H and O–H groups in total. The summed E-state index contributed by atoms with van der Waals surface area (Å²) in [5.74, 6) is -1.19. The fourth-order valence-electron chi connectivity index (χ4n) is 2.20. The van der Waals surface area contributed by atoms with E-state index in [1.165, 1.54) is 4.90 Å². The maximum Gasteiger partial charge on any atom is 0.299 e. The van der Waals surface area contributed by atoms with Gasteiger partial charge in [-0.15, -0.1) is 0 Å². The fraction of sp³-hybridized carbons (Fsp3) is 0.438. The molecule has 0 radical (unpaired) electrons. The standard InChI is InChI=1S/C16H19NO3/c1-9-6-7-11-13(10(9)2)17(15(20)14(11)19)8-12(18)16(3,4)5/h6-7H,8H2,1-5H3. The van der Waals surface area contributed by atoms with Crippen LogP contribution in [0.3, 0.4) is 0 Å². The van der Waals surface area contributed by atoms with Crippen molar-refractivity contribution in [1.29, 1.82) is 0 Å². The molecule has 0 unspecified atom stereocenters. The van der Waals surface area contributed by atoms with E-state index in [1.54, 1.807) is 6.07 Å². The van der Waals surface area contributed by atoms with Gasteiger partial charge in [0.25, 0.3) is 11.7 Å². The topological polar surface area (TPSA) is 54.5 Å². The van der Waals surface area contributed by atoms with Gasteiger partial charge in [-0.1, -0.05) is 26.8 Å². The minimum atomic E-state index is -0.605. The number of Topliss-reactive ketones (excluding diaryl/α,β-unsaturated/α-hetero) is 2. The number of aryl methyl sites for hydroxylation is 1. The van der Waals surface area contributed by atoms with Gasteiger partial charge < -0.3 is 0 Å². The fourth-order valence-corrected chi connectivity index (χ4v) is 2.20. The minimum absolute atomic E-state index is 0.0502. The van der Waals surface area contributed by atoms with E-state index in [0.29, 0.717) is 11.3 Å². The van der Waals surface area contributed by atoms with Gasteiger partial charge in [-0.2, -0.15) is 0 Å². The van der Waals surface area contributed by atoms with Crippen molar-refractivity contribution < 1.29 is 14.4 Å². The lowest BCUT2D eigenvalue weighted by Crippen LogP contribution is -2.39. The highest BCUT2D eigenvalue weighted by atomic mass is 16.2. The van der Waals surface area contributed by atoms with Crippen LogP contribution in [-0.2, 0) is 9.59 Å². The normalized spacial score (nSPS) is 14.8. The molecule has 1 aromatic rings. The van der Waals surface area contributed by atoms with Gasteiger partial charge in [0, 0.05) is 5.41 Å². The molecule has 0 spiro atoms. The van der Waals surface area contributed by atoms with Crippen molar-refractivity contribution in [3.05, 3.63) is 28.8 Å². The van der Waals surface area contributed by atoms with Crippen molar-refractivity contribution >= 4 is 23.2 Å². The van der Waals surface area contributed by atoms with Gasteiger partial charge >= 0.3 is 0 Å². The number of hydrogen-bond donors (Lipinski definition) is 0. The van der Waals surface area contributed by atoms with E-state index < -0.39 is 17.1 Å². The van der Waals surface area contributed by atoms with E-state index in [0.717, 1.165) is 11.1 Å². The van der Waals surface area contributed by atoms with E-state index in [4.69, 9.17) is 0 Å². The first kappa shape index (κ1) is 14.4. The van der Waals surface area contributed by atoms with Crippen molar-refractivity contribution in [1.82, 2.24) is 0 Å². The molecule has 0 aromatic heterocycles. The molecule has 20 heavy (non-hydrogen) atoms. The quantitative estimate of drug-likeness (QED) is 0.778. The van der Waals surface area contributed by atoms with Crippen molar-refractivity contribution in [3.8, 4) is 0 Å². The number of fused-ring (bicyclic) bond motifs is 1. The summed E-state index contributed by atoms with van der Waals surface area (Å²) in [5, 5.41) is 0. The summed E-state index contributed by atoms with van der Waals surface area (Å²) in [7, 11) is 0. The highest BCUT2D eigenvalue weighted by molar-refractivity contribution is 6.52. The SMILES string of the molecule is Cc1ccc2c(c1C)N(CC(=O)C(C)(C)C)C(=O)C2=O. The molecule has 0 saturated heterocycles. The molecular formula is C16H19NO3. The first-order valence-corrected chi connectivity index (χ1v) is 6.64. The summed E-state index contributed by atoms with van der Waals surface area (Å²) < 4.78 is 0. The minimum Gasteiger partial charge on any atom is -0.297 e. The Morgan fingerprint density at radius 1 is 1.15 bits per heavy atom. The van der Waals surface area contributed by atoms with Gasteiger partial charge in [0.2, 0.25) is 0 Å². The van der Waals surface area contributed by atoms with E-state index in [2.05, 4.69) is 0 Å². The monoisotopic (exact) mass is 273 g/mol. The van der Waals surface area contributed by atoms with Crippen molar-refractivity contribution in [2.24, 2.45) is 5.41 Å². The lowest BCUT2D eigenvalue weighted by atomic mass is 9.90. The molecule has 0 bridgehead atoms. The van der Waals surface area contributed by atoms with Crippen LogP contribution < -0.4 is 4.90 Å². The Morgan fingerprint density at radius 2 is 1.75 bits per heavy atom. The molecule has 1 heterocycles. The number of carbonyl (C=O) groups excluding carboxylic acids is 3. The van der Waals surface area contributed by atoms with Crippen molar-refractivity contribution in [2.75, 3.05) is 11.4 Å². The van der Waals surface area contributed by atoms with Crippen LogP contribution in [0.25, 0.3) is 0 Å². The highest BCUT2D eigenvalue weighted by Crippen LogP contribution is 2.34. The summed E-state index contributed by atoms with van der Waals surface area (Å²) in [6, 6.07) is 3.49. The maximum absolute atomic E-state index is 12.2. The van der Waals surface area contributed by atoms with Crippen molar-refractivity contribution in [3.63, 3.8) is 0 Å². The Morgan fingerprint density at radius 3 is 2.30 bits per heavy atom. The van der Waals surface area contributed by atoms with Crippen LogP contribution in [0.2, 0.25) is 0 Å². The zero-order valence-electron chi connectivity index (χ0n) is 12.5. The van der Waals surface area contributed by atoms with Crippen LogP contribution in [0.5, 0.6) is 0 Å². The van der Waals surface area contributed by atoms with E-state index in [1.807, 2.05) is 40.7 Å². The van der Waals surface area contributed by atoms with Crippen molar-refractivity contribution in [2.45, 2.75) is 34.6 Å². The number of rotatable bonds is 2. The van der Waals surface area contributed by atoms with Crippen LogP contribution in [-0.4, -0.2) is 24.0 Å². The second-order valence-corrected chi connectivity index (χ2v) is 6.30. The molecule has 1 aliphatic rings. The Labute approximate surface area is 118 Å². The Balaban J connectivity index is 2.48. The van der Waals surface area contributed by atoms with E-state index >= 15 is 0 Å². The van der Waals surface area contributed by atoms with Gasteiger partial charge in [0.05, 0.1) is 17.8 Å². The number of ketones is 2. The van der Waals surface area contributed by atoms with Gasteiger partial charge in [-0.05, 0) is 31.0 Å². The number of benzene rings is 1. The van der Waals surface area contributed by atoms with Gasteiger partial charge in [0.1, 0.15) is 0 Å². The number of amides is 1. The summed E-state index contributed by atoms with van der Waals surface area (Å²) >= 11 is 0. The summed E-state index contributed by atoms with van der Waals surface area (Å²) in [6.07, 6.45) is 0. The zero-order chi connectivity index (χ0) is 15.2. The Bertz CT molecular complexity index is 623. The second kappa shape index (κ2) is 4.54. The Kier molecular flexibility index (Phi) is 3.28. The third kappa shape index (κ3) is 2.15. The lowest BCUT2D eigenvalue weighted by Gasteiger charge is -2.23. The summed E-state index contributed by atoms with van der Waals surface area (Å²) in [6.45, 7) is 9.16. The van der Waals surface area contributed by atoms with Crippen LogP contribution >= 0.6 is 0 Å². The highest BCUT2D eigenvalue weighted by Gasteiger charge is 2.39. The van der Waals surface area contributed by atoms with Gasteiger partial charge in [0.15, 0.2) is 5.78 Å². The predicted octanol–water partition coefficient (Wildman–Crippen LogP) is 2.45. The van der Waals surface area contributed by atoms with Crippen LogP contribution in [0.4, 0.5) is 5.69 Å². The maximum atomic E-state index is 12.2. The van der Waals surface area contributed by atoms with Crippen LogP contribution in [0, 0.1) is 19.3 Å². The molecule has 106 valence electrons. The number of nitrogens with zero attached hydrogens (tertiary/aromatic N) is 1. The van der Waals surface area contributed by atoms with Gasteiger partial charge in [-0.25, -0.2) is 0 Å². The average molecular weight is 273 g/mol. The third-order valence-corrected chi connectivity index (χ3v) is 3.79. The van der Waals surface area contributed by atoms with Crippen LogP contribution in [0.1, 0.15) is 42.3 Å². The first-order chi connectivity index (χ1) is 9.14. The third-order valence-electron chi connectivity index (χ3n) is 3.79. The van der Waals surface area contributed by atoms with Gasteiger partial charge in [-0.3, -0.25) is 19.3 Å². The first-order valence-electron chi connectivity index (χ1n) is 6.64. The number of hydrogen-bond acceptors (Lipinski definition) is 3. The molecule has 0 aliphatic carbocycles. The zero-order valence-corrected chi connectivity index (χ0v) is 12.5. The Hall–Kier alpha value is -1.97. The van der Waals surface area contributed by atoms with Crippen LogP contribution in [0.15, 0.2) is 12.1 Å². The number of anilines is 1.